The average molecular weight is 450 g/mol. The van der Waals surface area contributed by atoms with Crippen LogP contribution in [0.25, 0.3) is 0 Å². The second kappa shape index (κ2) is 9.89. The minimum atomic E-state index is -0.685. The van der Waals surface area contributed by atoms with Gasteiger partial charge in [-0.05, 0) is 54.0 Å². The average Bonchev–Trinajstić information content (AvgIpc) is 2.67. The zero-order valence-corrected chi connectivity index (χ0v) is 17.3. The minimum Gasteiger partial charge on any atom is -0.493 e. The number of esters is 1. The van der Waals surface area contributed by atoms with E-state index in [2.05, 4.69) is 21.2 Å². The van der Waals surface area contributed by atoms with Crippen LogP contribution in [-0.4, -0.2) is 38.0 Å². The smallest absolute Gasteiger partial charge is 0.338 e. The van der Waals surface area contributed by atoms with Gasteiger partial charge in [-0.25, -0.2) is 4.79 Å². The van der Waals surface area contributed by atoms with E-state index in [-0.39, 0.29) is 11.3 Å². The number of benzene rings is 2. The van der Waals surface area contributed by atoms with Gasteiger partial charge in [-0.3, -0.25) is 9.59 Å². The predicted molar refractivity (Wildman–Crippen MR) is 107 cm³/mol. The number of hydrogen-bond acceptors (Lipinski definition) is 6. The lowest BCUT2D eigenvalue weighted by Gasteiger charge is -2.13. The molecule has 0 saturated heterocycles. The van der Waals surface area contributed by atoms with Crippen molar-refractivity contribution in [2.75, 3.05) is 25.6 Å². The molecule has 1 amide bonds. The quantitative estimate of drug-likeness (QED) is 0.485. The van der Waals surface area contributed by atoms with Crippen LogP contribution in [0.4, 0.5) is 5.69 Å². The zero-order valence-electron chi connectivity index (χ0n) is 15.7. The van der Waals surface area contributed by atoms with Gasteiger partial charge in [0, 0.05) is 11.3 Å². The van der Waals surface area contributed by atoms with E-state index in [0.29, 0.717) is 33.8 Å². The Labute approximate surface area is 171 Å². The van der Waals surface area contributed by atoms with Crippen LogP contribution in [-0.2, 0) is 9.53 Å². The Morgan fingerprint density at radius 1 is 1.11 bits per heavy atom. The molecular weight excluding hydrogens is 430 g/mol. The first-order valence-electron chi connectivity index (χ1n) is 8.44. The molecule has 0 aliphatic heterocycles. The highest BCUT2D eigenvalue weighted by Gasteiger charge is 2.17. The van der Waals surface area contributed by atoms with Gasteiger partial charge in [-0.15, -0.1) is 0 Å². The van der Waals surface area contributed by atoms with E-state index >= 15 is 0 Å². The number of ketones is 1. The summed E-state index contributed by atoms with van der Waals surface area (Å²) in [5, 5.41) is 2.58. The molecule has 2 aromatic rings. The van der Waals surface area contributed by atoms with E-state index in [4.69, 9.17) is 14.2 Å². The Hall–Kier alpha value is -2.87. The molecule has 0 fully saturated rings. The largest absolute Gasteiger partial charge is 0.493 e. The molecule has 0 saturated carbocycles. The van der Waals surface area contributed by atoms with E-state index in [0.717, 1.165) is 0 Å². The van der Waals surface area contributed by atoms with Gasteiger partial charge in [0.2, 0.25) is 0 Å². The fraction of sp³-hybridized carbons (Fsp3) is 0.250. The molecule has 8 heteroatoms. The monoisotopic (exact) mass is 449 g/mol. The molecule has 0 unspecified atom stereocenters. The highest BCUT2D eigenvalue weighted by molar-refractivity contribution is 9.10. The summed E-state index contributed by atoms with van der Waals surface area (Å²) in [7, 11) is 1.46. The number of ether oxygens (including phenoxy) is 3. The first-order chi connectivity index (χ1) is 13.3. The van der Waals surface area contributed by atoms with Crippen LogP contribution >= 0.6 is 15.9 Å². The zero-order chi connectivity index (χ0) is 20.7. The lowest BCUT2D eigenvalue weighted by molar-refractivity contribution is -0.119. The molecule has 148 valence electrons. The van der Waals surface area contributed by atoms with Crippen molar-refractivity contribution in [1.29, 1.82) is 0 Å². The molecule has 28 heavy (non-hydrogen) atoms. The van der Waals surface area contributed by atoms with Gasteiger partial charge < -0.3 is 19.5 Å². The highest BCUT2D eigenvalue weighted by Crippen LogP contribution is 2.36. The number of carbonyl (C=O) groups is 3. The number of nitrogens with one attached hydrogen (secondary N) is 1. The minimum absolute atomic E-state index is 0.113. The van der Waals surface area contributed by atoms with Gasteiger partial charge in [0.1, 0.15) is 0 Å². The van der Waals surface area contributed by atoms with Crippen molar-refractivity contribution in [3.8, 4) is 11.5 Å². The van der Waals surface area contributed by atoms with Crippen LogP contribution in [0.5, 0.6) is 11.5 Å². The van der Waals surface area contributed by atoms with Crippen molar-refractivity contribution >= 4 is 39.3 Å². The summed E-state index contributed by atoms with van der Waals surface area (Å²) in [6.07, 6.45) is 0. The van der Waals surface area contributed by atoms with Crippen molar-refractivity contribution in [3.05, 3.63) is 52.0 Å². The Kier molecular flexibility index (Phi) is 7.57. The Morgan fingerprint density at radius 2 is 1.86 bits per heavy atom. The summed E-state index contributed by atoms with van der Waals surface area (Å²) in [6, 6.07) is 9.50. The first kappa shape index (κ1) is 21.4. The molecule has 2 rings (SSSR count). The number of Topliss-reactive ketones (excluding diaryl/α,β-unsaturated/α-hetero) is 1. The lowest BCUT2D eigenvalue weighted by Crippen LogP contribution is -2.21. The number of hydrogen-bond donors (Lipinski definition) is 1. The molecule has 0 aromatic heterocycles. The lowest BCUT2D eigenvalue weighted by atomic mass is 10.1. The van der Waals surface area contributed by atoms with E-state index < -0.39 is 18.5 Å². The fourth-order valence-electron chi connectivity index (χ4n) is 2.35. The summed E-state index contributed by atoms with van der Waals surface area (Å²) in [4.78, 5) is 35.7. The van der Waals surface area contributed by atoms with Crippen LogP contribution in [0.2, 0.25) is 0 Å². The first-order valence-corrected chi connectivity index (χ1v) is 9.23. The maximum Gasteiger partial charge on any atom is 0.338 e. The van der Waals surface area contributed by atoms with Crippen molar-refractivity contribution in [2.24, 2.45) is 0 Å². The van der Waals surface area contributed by atoms with Crippen molar-refractivity contribution in [1.82, 2.24) is 0 Å². The molecule has 2 aromatic carbocycles. The normalized spacial score (nSPS) is 10.1. The molecule has 1 N–H and O–H groups in total. The molecule has 0 atom stereocenters. The number of methoxy groups -OCH3 is 1. The van der Waals surface area contributed by atoms with Gasteiger partial charge in [0.15, 0.2) is 23.9 Å². The molecular formula is C20H20BrNO6. The number of carbonyl (C=O) groups excluding carboxylic acids is 3. The van der Waals surface area contributed by atoms with Gasteiger partial charge in [0.25, 0.3) is 5.91 Å². The number of anilines is 1. The van der Waals surface area contributed by atoms with E-state index in [9.17, 15) is 14.4 Å². The Bertz CT molecular complexity index is 896. The van der Waals surface area contributed by atoms with Crippen LogP contribution in [0.1, 0.15) is 34.6 Å². The SMILES string of the molecule is CCOc1c(Br)cc(C(=O)OCC(=O)Nc2cccc(C(C)=O)c2)cc1OC. The van der Waals surface area contributed by atoms with Gasteiger partial charge >= 0.3 is 5.97 Å². The maximum atomic E-state index is 12.3. The standard InChI is InChI=1S/C20H20BrNO6/c1-4-27-19-16(21)9-14(10-17(19)26-3)20(25)28-11-18(24)22-15-7-5-6-13(8-15)12(2)23/h5-10H,4,11H2,1-3H3,(H,22,24). The molecule has 0 radical (unpaired) electrons. The number of amides is 1. The third-order valence-corrected chi connectivity index (χ3v) is 4.23. The van der Waals surface area contributed by atoms with E-state index in [1.54, 1.807) is 24.3 Å². The van der Waals surface area contributed by atoms with Crippen LogP contribution < -0.4 is 14.8 Å². The molecule has 0 aliphatic rings. The fourth-order valence-corrected chi connectivity index (χ4v) is 2.91. The summed E-state index contributed by atoms with van der Waals surface area (Å²) in [6.45, 7) is 3.23. The Balaban J connectivity index is 2.01. The van der Waals surface area contributed by atoms with E-state index in [1.807, 2.05) is 6.92 Å². The number of halogens is 1. The van der Waals surface area contributed by atoms with Crippen LogP contribution in [0, 0.1) is 0 Å². The van der Waals surface area contributed by atoms with Gasteiger partial charge in [-0.2, -0.15) is 0 Å². The van der Waals surface area contributed by atoms with Crippen molar-refractivity contribution < 1.29 is 28.6 Å². The predicted octanol–water partition coefficient (Wildman–Crippen LogP) is 3.85. The second-order valence-corrected chi connectivity index (χ2v) is 6.54. The third kappa shape index (κ3) is 5.56. The summed E-state index contributed by atoms with van der Waals surface area (Å²) < 4.78 is 16.3. The maximum absolute atomic E-state index is 12.3. The van der Waals surface area contributed by atoms with Crippen molar-refractivity contribution in [2.45, 2.75) is 13.8 Å². The number of rotatable bonds is 8. The molecule has 0 spiro atoms. The van der Waals surface area contributed by atoms with Crippen LogP contribution in [0.3, 0.4) is 0 Å². The molecule has 0 heterocycles. The Morgan fingerprint density at radius 3 is 2.50 bits per heavy atom. The topological polar surface area (TPSA) is 90.9 Å². The highest BCUT2D eigenvalue weighted by atomic mass is 79.9. The second-order valence-electron chi connectivity index (χ2n) is 5.68. The third-order valence-electron chi connectivity index (χ3n) is 3.64. The van der Waals surface area contributed by atoms with Gasteiger partial charge in [0.05, 0.1) is 23.8 Å². The summed E-state index contributed by atoms with van der Waals surface area (Å²) >= 11 is 3.33. The van der Waals surface area contributed by atoms with Crippen molar-refractivity contribution in [3.63, 3.8) is 0 Å². The summed E-state index contributed by atoms with van der Waals surface area (Å²) in [5.41, 5.74) is 1.12. The molecule has 0 bridgehead atoms. The summed E-state index contributed by atoms with van der Waals surface area (Å²) in [5.74, 6) is -0.475. The van der Waals surface area contributed by atoms with E-state index in [1.165, 1.54) is 26.2 Å². The molecule has 0 aliphatic carbocycles. The molecule has 7 nitrogen and oxygen atoms in total. The van der Waals surface area contributed by atoms with Crippen LogP contribution in [0.15, 0.2) is 40.9 Å². The van der Waals surface area contributed by atoms with Gasteiger partial charge in [-0.1, -0.05) is 12.1 Å².